The van der Waals surface area contributed by atoms with Gasteiger partial charge in [0, 0.05) is 17.0 Å². The molecule has 0 aliphatic rings. The van der Waals surface area contributed by atoms with Gasteiger partial charge in [-0.15, -0.1) is 11.3 Å². The van der Waals surface area contributed by atoms with E-state index in [2.05, 4.69) is 15.0 Å². The average molecular weight is 316 g/mol. The largest absolute Gasteiger partial charge is 0.411 e. The maximum atomic E-state index is 12.1. The molecule has 2 rings (SSSR count). The Hall–Kier alpha value is -1.44. The van der Waals surface area contributed by atoms with Gasteiger partial charge in [0.05, 0.1) is 12.3 Å². The fraction of sp³-hybridized carbons (Fsp3) is 0.357. The summed E-state index contributed by atoms with van der Waals surface area (Å²) < 4.78 is 40.9. The molecule has 1 aromatic carbocycles. The van der Waals surface area contributed by atoms with E-state index in [1.165, 1.54) is 11.3 Å². The van der Waals surface area contributed by atoms with Crippen LogP contribution >= 0.6 is 11.3 Å². The first kappa shape index (κ1) is 15.9. The number of aromatic nitrogens is 1. The van der Waals surface area contributed by atoms with E-state index in [0.29, 0.717) is 11.6 Å². The van der Waals surface area contributed by atoms with Crippen molar-refractivity contribution in [1.29, 1.82) is 0 Å². The minimum Gasteiger partial charge on any atom is -0.365 e. The van der Waals surface area contributed by atoms with Crippen molar-refractivity contribution in [2.75, 3.05) is 13.7 Å². The quantitative estimate of drug-likeness (QED) is 0.884. The van der Waals surface area contributed by atoms with Gasteiger partial charge in [0.15, 0.2) is 0 Å². The number of ether oxygens (including phenoxy) is 1. The molecule has 1 aromatic heterocycles. The van der Waals surface area contributed by atoms with Gasteiger partial charge >= 0.3 is 6.18 Å². The van der Waals surface area contributed by atoms with Gasteiger partial charge < -0.3 is 10.1 Å². The zero-order valence-electron chi connectivity index (χ0n) is 11.4. The summed E-state index contributed by atoms with van der Waals surface area (Å²) in [4.78, 5) is 5.39. The molecule has 0 bridgehead atoms. The standard InChI is InChI=1S/C14H15F3N2OS/c1-18-7-11-13(10-5-3-2-4-6-10)19-12(21-11)8-20-9-14(15,16)17/h2-6,18H,7-9H2,1H3. The molecule has 0 saturated heterocycles. The van der Waals surface area contributed by atoms with E-state index in [9.17, 15) is 13.2 Å². The zero-order valence-corrected chi connectivity index (χ0v) is 12.2. The van der Waals surface area contributed by atoms with E-state index in [0.717, 1.165) is 16.1 Å². The van der Waals surface area contributed by atoms with E-state index in [-0.39, 0.29) is 6.61 Å². The third kappa shape index (κ3) is 4.80. The van der Waals surface area contributed by atoms with Crippen LogP contribution in [0.2, 0.25) is 0 Å². The van der Waals surface area contributed by atoms with Gasteiger partial charge in [-0.25, -0.2) is 4.98 Å². The summed E-state index contributed by atoms with van der Waals surface area (Å²) in [5.41, 5.74) is 1.74. The monoisotopic (exact) mass is 316 g/mol. The first-order valence-corrected chi connectivity index (χ1v) is 7.14. The smallest absolute Gasteiger partial charge is 0.365 e. The lowest BCUT2D eigenvalue weighted by Crippen LogP contribution is -2.16. The van der Waals surface area contributed by atoms with Gasteiger partial charge in [0.2, 0.25) is 0 Å². The number of nitrogens with one attached hydrogen (secondary N) is 1. The molecule has 1 N–H and O–H groups in total. The van der Waals surface area contributed by atoms with Crippen LogP contribution in [0.3, 0.4) is 0 Å². The van der Waals surface area contributed by atoms with Crippen molar-refractivity contribution < 1.29 is 17.9 Å². The molecular formula is C14H15F3N2OS. The van der Waals surface area contributed by atoms with Crippen molar-refractivity contribution in [3.8, 4) is 11.3 Å². The van der Waals surface area contributed by atoms with Crippen molar-refractivity contribution in [3.05, 3.63) is 40.2 Å². The summed E-state index contributed by atoms with van der Waals surface area (Å²) >= 11 is 1.36. The second kappa shape index (κ2) is 7.02. The number of hydrogen-bond donors (Lipinski definition) is 1. The van der Waals surface area contributed by atoms with Crippen LogP contribution in [0.25, 0.3) is 11.3 Å². The zero-order chi connectivity index (χ0) is 15.3. The Morgan fingerprint density at radius 3 is 2.57 bits per heavy atom. The van der Waals surface area contributed by atoms with Crippen LogP contribution in [0, 0.1) is 0 Å². The van der Waals surface area contributed by atoms with Crippen LogP contribution in [0.1, 0.15) is 9.88 Å². The van der Waals surface area contributed by atoms with Gasteiger partial charge in [0.25, 0.3) is 0 Å². The summed E-state index contributed by atoms with van der Waals surface area (Å²) in [5.74, 6) is 0. The van der Waals surface area contributed by atoms with Gasteiger partial charge in [-0.3, -0.25) is 0 Å². The predicted octanol–water partition coefficient (Wildman–Crippen LogP) is 3.61. The molecule has 0 spiro atoms. The van der Waals surface area contributed by atoms with Gasteiger partial charge in [-0.1, -0.05) is 30.3 Å². The minimum absolute atomic E-state index is 0.131. The highest BCUT2D eigenvalue weighted by Crippen LogP contribution is 2.29. The lowest BCUT2D eigenvalue weighted by atomic mass is 10.1. The normalized spacial score (nSPS) is 11.8. The van der Waals surface area contributed by atoms with E-state index >= 15 is 0 Å². The van der Waals surface area contributed by atoms with Gasteiger partial charge in [-0.05, 0) is 7.05 Å². The second-order valence-electron chi connectivity index (χ2n) is 4.38. The number of thiazole rings is 1. The Kier molecular flexibility index (Phi) is 5.33. The Labute approximate surface area is 124 Å². The molecule has 3 nitrogen and oxygen atoms in total. The molecule has 0 fully saturated rings. The lowest BCUT2D eigenvalue weighted by Gasteiger charge is -2.05. The van der Waals surface area contributed by atoms with Crippen LogP contribution in [-0.2, 0) is 17.9 Å². The van der Waals surface area contributed by atoms with Crippen molar-refractivity contribution in [2.45, 2.75) is 19.3 Å². The van der Waals surface area contributed by atoms with Crippen LogP contribution in [0.5, 0.6) is 0 Å². The third-order valence-corrected chi connectivity index (χ3v) is 3.65. The number of benzene rings is 1. The van der Waals surface area contributed by atoms with Gasteiger partial charge in [-0.2, -0.15) is 13.2 Å². The molecule has 1 heterocycles. The van der Waals surface area contributed by atoms with Crippen molar-refractivity contribution >= 4 is 11.3 Å². The van der Waals surface area contributed by atoms with Crippen molar-refractivity contribution in [3.63, 3.8) is 0 Å². The summed E-state index contributed by atoms with van der Waals surface area (Å²) in [6, 6.07) is 9.55. The highest BCUT2D eigenvalue weighted by Gasteiger charge is 2.27. The molecule has 0 saturated carbocycles. The van der Waals surface area contributed by atoms with Gasteiger partial charge in [0.1, 0.15) is 11.6 Å². The van der Waals surface area contributed by atoms with Crippen molar-refractivity contribution in [2.24, 2.45) is 0 Å². The lowest BCUT2D eigenvalue weighted by molar-refractivity contribution is -0.176. The molecule has 0 atom stereocenters. The van der Waals surface area contributed by atoms with Crippen LogP contribution in [-0.4, -0.2) is 24.8 Å². The fourth-order valence-corrected chi connectivity index (χ4v) is 2.86. The molecule has 0 unspecified atom stereocenters. The topological polar surface area (TPSA) is 34.1 Å². The highest BCUT2D eigenvalue weighted by atomic mass is 32.1. The molecule has 0 aliphatic carbocycles. The van der Waals surface area contributed by atoms with Crippen LogP contribution < -0.4 is 5.32 Å². The molecule has 21 heavy (non-hydrogen) atoms. The van der Waals surface area contributed by atoms with Crippen LogP contribution in [0.15, 0.2) is 30.3 Å². The summed E-state index contributed by atoms with van der Waals surface area (Å²) in [6.07, 6.45) is -4.31. The van der Waals surface area contributed by atoms with E-state index in [4.69, 9.17) is 0 Å². The maximum Gasteiger partial charge on any atom is 0.411 e. The number of rotatable bonds is 6. The minimum atomic E-state index is -4.31. The summed E-state index contributed by atoms with van der Waals surface area (Å²) in [7, 11) is 1.81. The highest BCUT2D eigenvalue weighted by molar-refractivity contribution is 7.12. The summed E-state index contributed by atoms with van der Waals surface area (Å²) in [6.45, 7) is -0.774. The number of nitrogens with zero attached hydrogens (tertiary/aromatic N) is 1. The molecular weight excluding hydrogens is 301 g/mol. The number of alkyl halides is 3. The number of hydrogen-bond acceptors (Lipinski definition) is 4. The Morgan fingerprint density at radius 1 is 1.24 bits per heavy atom. The predicted molar refractivity (Wildman–Crippen MR) is 76.0 cm³/mol. The van der Waals surface area contributed by atoms with E-state index in [1.807, 2.05) is 37.4 Å². The Morgan fingerprint density at radius 2 is 1.95 bits per heavy atom. The molecule has 114 valence electrons. The van der Waals surface area contributed by atoms with E-state index in [1.54, 1.807) is 0 Å². The maximum absolute atomic E-state index is 12.1. The number of halogens is 3. The SMILES string of the molecule is CNCc1sc(COCC(F)(F)F)nc1-c1ccccc1. The molecule has 7 heteroatoms. The second-order valence-corrected chi connectivity index (χ2v) is 5.55. The molecule has 0 aliphatic heterocycles. The average Bonchev–Trinajstić information content (AvgIpc) is 2.82. The molecule has 0 radical (unpaired) electrons. The Bertz CT molecular complexity index is 569. The molecule has 0 amide bonds. The summed E-state index contributed by atoms with van der Waals surface area (Å²) in [5, 5.41) is 3.58. The Balaban J connectivity index is 2.14. The van der Waals surface area contributed by atoms with Crippen molar-refractivity contribution in [1.82, 2.24) is 10.3 Å². The van der Waals surface area contributed by atoms with Crippen LogP contribution in [0.4, 0.5) is 13.2 Å². The fourth-order valence-electron chi connectivity index (χ4n) is 1.82. The first-order chi connectivity index (χ1) is 9.99. The third-order valence-electron chi connectivity index (χ3n) is 2.62. The van der Waals surface area contributed by atoms with E-state index < -0.39 is 12.8 Å². The molecule has 2 aromatic rings. The first-order valence-electron chi connectivity index (χ1n) is 6.32.